The molecular weight excluding hydrogens is 380 g/mol. The number of rotatable bonds is 2. The molecule has 1 aromatic carbocycles. The van der Waals surface area contributed by atoms with Crippen LogP contribution in [-0.4, -0.2) is 4.98 Å². The first-order chi connectivity index (χ1) is 9.88. The average Bonchev–Trinajstić information content (AvgIpc) is 2.47. The predicted molar refractivity (Wildman–Crippen MR) is 84.0 cm³/mol. The Morgan fingerprint density at radius 1 is 1.00 bits per heavy atom. The van der Waals surface area contributed by atoms with E-state index in [-0.39, 0.29) is 48.4 Å². The Balaban J connectivity index is 2.74. The number of nitrogens with zero attached hydrogens (tertiary/aromatic N) is 2. The monoisotopic (exact) mass is 382 g/mol. The largest absolute Gasteiger partial charge is 0.253 e. The fourth-order valence-corrected chi connectivity index (χ4v) is 3.00. The molecule has 0 atom stereocenters. The zero-order valence-electron chi connectivity index (χ0n) is 10.0. The number of nitriles is 1. The van der Waals surface area contributed by atoms with Crippen molar-refractivity contribution >= 4 is 58.0 Å². The van der Waals surface area contributed by atoms with Gasteiger partial charge in [-0.15, -0.1) is 0 Å². The number of halogens is 6. The van der Waals surface area contributed by atoms with E-state index in [9.17, 15) is 4.39 Å². The van der Waals surface area contributed by atoms with Gasteiger partial charge in [-0.1, -0.05) is 58.0 Å². The topological polar surface area (TPSA) is 36.7 Å². The molecule has 21 heavy (non-hydrogen) atoms. The van der Waals surface area contributed by atoms with E-state index in [1.54, 1.807) is 0 Å². The van der Waals surface area contributed by atoms with Crippen molar-refractivity contribution < 1.29 is 4.39 Å². The van der Waals surface area contributed by atoms with Gasteiger partial charge in [0.2, 0.25) is 0 Å². The lowest BCUT2D eigenvalue weighted by atomic mass is 10.1. The van der Waals surface area contributed by atoms with Crippen LogP contribution in [0.15, 0.2) is 12.3 Å². The first kappa shape index (κ1) is 16.6. The van der Waals surface area contributed by atoms with Gasteiger partial charge >= 0.3 is 0 Å². The summed E-state index contributed by atoms with van der Waals surface area (Å²) < 4.78 is 13.5. The molecule has 108 valence electrons. The van der Waals surface area contributed by atoms with E-state index in [1.165, 1.54) is 6.07 Å². The minimum Gasteiger partial charge on any atom is -0.253 e. The molecule has 0 unspecified atom stereocenters. The van der Waals surface area contributed by atoms with Crippen molar-refractivity contribution in [3.05, 3.63) is 48.8 Å². The van der Waals surface area contributed by atoms with Crippen LogP contribution in [0.1, 0.15) is 5.56 Å². The molecule has 0 aliphatic rings. The predicted octanol–water partition coefficient (Wildman–Crippen LogP) is 6.22. The highest BCUT2D eigenvalue weighted by atomic mass is 35.5. The summed E-state index contributed by atoms with van der Waals surface area (Å²) in [4.78, 5) is 3.91. The molecule has 0 amide bonds. The van der Waals surface area contributed by atoms with Crippen LogP contribution in [0.4, 0.5) is 4.39 Å². The van der Waals surface area contributed by atoms with Crippen molar-refractivity contribution in [2.24, 2.45) is 0 Å². The third-order valence-electron chi connectivity index (χ3n) is 2.67. The van der Waals surface area contributed by atoms with Gasteiger partial charge in [-0.25, -0.2) is 4.39 Å². The van der Waals surface area contributed by atoms with E-state index in [1.807, 2.05) is 6.07 Å². The van der Waals surface area contributed by atoms with Gasteiger partial charge in [0.05, 0.1) is 49.5 Å². The molecule has 0 radical (unpaired) electrons. The van der Waals surface area contributed by atoms with Crippen LogP contribution in [0.2, 0.25) is 25.1 Å². The van der Waals surface area contributed by atoms with E-state index in [0.717, 1.165) is 6.20 Å². The van der Waals surface area contributed by atoms with Crippen molar-refractivity contribution in [3.63, 3.8) is 0 Å². The van der Waals surface area contributed by atoms with Gasteiger partial charge in [0.15, 0.2) is 0 Å². The maximum Gasteiger partial charge on any atom is 0.145 e. The number of aromatic nitrogens is 1. The van der Waals surface area contributed by atoms with Crippen LogP contribution in [0, 0.1) is 17.1 Å². The van der Waals surface area contributed by atoms with Crippen molar-refractivity contribution in [2.75, 3.05) is 0 Å². The van der Waals surface area contributed by atoms with Gasteiger partial charge in [0.25, 0.3) is 0 Å². The molecule has 0 N–H and O–H groups in total. The minimum absolute atomic E-state index is 0.0238. The second-order valence-corrected chi connectivity index (χ2v) is 5.83. The fraction of sp³-hybridized carbons (Fsp3) is 0.0769. The smallest absolute Gasteiger partial charge is 0.145 e. The lowest BCUT2D eigenvalue weighted by Gasteiger charge is -2.12. The molecule has 0 fully saturated rings. The fourth-order valence-electron chi connectivity index (χ4n) is 1.67. The zero-order chi connectivity index (χ0) is 15.7. The Labute approximate surface area is 145 Å². The van der Waals surface area contributed by atoms with E-state index in [0.29, 0.717) is 0 Å². The summed E-state index contributed by atoms with van der Waals surface area (Å²) in [5.41, 5.74) is 0.644. The summed E-state index contributed by atoms with van der Waals surface area (Å²) in [6.45, 7) is 0. The molecule has 2 rings (SSSR count). The molecule has 8 heteroatoms. The quantitative estimate of drug-likeness (QED) is 0.455. The van der Waals surface area contributed by atoms with Crippen LogP contribution >= 0.6 is 58.0 Å². The standard InChI is InChI=1S/C13H4Cl5FN2/c14-9-8(10(15)12(17)13(18)11(9)16)7-3-5(1-2-20)6(19)4-21-7/h3-4H,1H2. The van der Waals surface area contributed by atoms with Gasteiger partial charge in [0.1, 0.15) is 5.82 Å². The molecule has 0 aliphatic carbocycles. The third-order valence-corrected chi connectivity index (χ3v) is 4.95. The summed E-state index contributed by atoms with van der Waals surface area (Å²) in [7, 11) is 0. The average molecular weight is 384 g/mol. The molecule has 0 saturated heterocycles. The summed E-state index contributed by atoms with van der Waals surface area (Å²) >= 11 is 30.1. The van der Waals surface area contributed by atoms with Crippen molar-refractivity contribution in [1.29, 1.82) is 5.26 Å². The Morgan fingerprint density at radius 3 is 2.05 bits per heavy atom. The number of hydrogen-bond donors (Lipinski definition) is 0. The maximum atomic E-state index is 13.5. The Morgan fingerprint density at radius 2 is 1.52 bits per heavy atom. The van der Waals surface area contributed by atoms with E-state index in [4.69, 9.17) is 63.3 Å². The minimum atomic E-state index is -0.598. The van der Waals surface area contributed by atoms with Gasteiger partial charge in [-0.2, -0.15) is 5.26 Å². The lowest BCUT2D eigenvalue weighted by molar-refractivity contribution is 0.609. The van der Waals surface area contributed by atoms with E-state index in [2.05, 4.69) is 4.98 Å². The van der Waals surface area contributed by atoms with E-state index < -0.39 is 5.82 Å². The van der Waals surface area contributed by atoms with Crippen molar-refractivity contribution in [3.8, 4) is 17.3 Å². The first-order valence-electron chi connectivity index (χ1n) is 5.41. The molecule has 1 heterocycles. The Kier molecular flexibility index (Phi) is 5.19. The molecule has 2 aromatic rings. The Bertz CT molecular complexity index is 741. The highest BCUT2D eigenvalue weighted by molar-refractivity contribution is 6.56. The van der Waals surface area contributed by atoms with E-state index >= 15 is 0 Å². The van der Waals surface area contributed by atoms with Crippen LogP contribution < -0.4 is 0 Å². The summed E-state index contributed by atoms with van der Waals surface area (Å²) in [5, 5.41) is 8.87. The highest BCUT2D eigenvalue weighted by Crippen LogP contribution is 2.47. The highest BCUT2D eigenvalue weighted by Gasteiger charge is 2.21. The first-order valence-corrected chi connectivity index (χ1v) is 7.30. The third kappa shape index (κ3) is 3.06. The summed E-state index contributed by atoms with van der Waals surface area (Å²) in [6.07, 6.45) is 0.858. The maximum absolute atomic E-state index is 13.5. The summed E-state index contributed by atoms with van der Waals surface area (Å²) in [6, 6.07) is 3.22. The van der Waals surface area contributed by atoms with Gasteiger partial charge in [0, 0.05) is 11.1 Å². The zero-order valence-corrected chi connectivity index (χ0v) is 13.8. The second-order valence-electron chi connectivity index (χ2n) is 3.94. The van der Waals surface area contributed by atoms with Gasteiger partial charge in [-0.05, 0) is 6.07 Å². The normalized spacial score (nSPS) is 10.5. The molecule has 0 saturated carbocycles. The lowest BCUT2D eigenvalue weighted by Crippen LogP contribution is -1.95. The summed E-state index contributed by atoms with van der Waals surface area (Å²) in [5.74, 6) is -0.598. The molecular formula is C13H4Cl5FN2. The van der Waals surface area contributed by atoms with Crippen LogP contribution in [0.3, 0.4) is 0 Å². The van der Waals surface area contributed by atoms with Crippen LogP contribution in [-0.2, 0) is 6.42 Å². The molecule has 1 aromatic heterocycles. The number of benzene rings is 1. The van der Waals surface area contributed by atoms with Gasteiger partial charge in [-0.3, -0.25) is 4.98 Å². The molecule has 2 nitrogen and oxygen atoms in total. The SMILES string of the molecule is N#CCc1cc(-c2c(Cl)c(Cl)c(Cl)c(Cl)c2Cl)ncc1F. The van der Waals surface area contributed by atoms with Crippen LogP contribution in [0.5, 0.6) is 0 Å². The molecule has 0 spiro atoms. The van der Waals surface area contributed by atoms with Crippen molar-refractivity contribution in [2.45, 2.75) is 6.42 Å². The second kappa shape index (κ2) is 6.56. The van der Waals surface area contributed by atoms with Crippen LogP contribution in [0.25, 0.3) is 11.3 Å². The number of hydrogen-bond acceptors (Lipinski definition) is 2. The Hall–Kier alpha value is -0.760. The molecule has 0 aliphatic heterocycles. The van der Waals surface area contributed by atoms with Gasteiger partial charge < -0.3 is 0 Å². The number of pyridine rings is 1. The molecule has 0 bridgehead atoms. The van der Waals surface area contributed by atoms with Crippen molar-refractivity contribution in [1.82, 2.24) is 4.98 Å².